The molecule has 2 aromatic carbocycles. The van der Waals surface area contributed by atoms with E-state index < -0.39 is 0 Å². The van der Waals surface area contributed by atoms with Crippen molar-refractivity contribution < 1.29 is 14.3 Å². The first kappa shape index (κ1) is 13.8. The van der Waals surface area contributed by atoms with Crippen LogP contribution in [0.2, 0.25) is 5.02 Å². The van der Waals surface area contributed by atoms with E-state index in [1.54, 1.807) is 36.4 Å². The molecule has 0 fully saturated rings. The Kier molecular flexibility index (Phi) is 3.71. The Hall–Kier alpha value is -2.20. The summed E-state index contributed by atoms with van der Waals surface area (Å²) in [5.41, 5.74) is 7.06. The van der Waals surface area contributed by atoms with Crippen LogP contribution in [0.5, 0.6) is 11.5 Å². The van der Waals surface area contributed by atoms with Gasteiger partial charge in [0.1, 0.15) is 0 Å². The highest BCUT2D eigenvalue weighted by molar-refractivity contribution is 6.35. The van der Waals surface area contributed by atoms with Gasteiger partial charge in [-0.3, -0.25) is 4.79 Å². The van der Waals surface area contributed by atoms with Crippen molar-refractivity contribution >= 4 is 23.1 Å². The van der Waals surface area contributed by atoms with Gasteiger partial charge in [0.25, 0.3) is 0 Å². The number of halogens is 1. The maximum absolute atomic E-state index is 12.6. The molecule has 0 spiro atoms. The lowest BCUT2D eigenvalue weighted by atomic mass is 10.0. The maximum atomic E-state index is 12.6. The number of hydrogen-bond donors (Lipinski definition) is 1. The molecular formula is C16H14ClNO3. The molecule has 1 heterocycles. The highest BCUT2D eigenvalue weighted by atomic mass is 35.5. The molecule has 2 N–H and O–H groups in total. The van der Waals surface area contributed by atoms with Gasteiger partial charge in [-0.1, -0.05) is 23.7 Å². The van der Waals surface area contributed by atoms with E-state index in [1.165, 1.54) is 0 Å². The standard InChI is InChI=1S/C16H14ClNO3/c17-12-9-15-14(20-6-3-7-21-15)8-11(12)16(19)10-4-1-2-5-13(10)18/h1-2,4-5,8-9H,3,6-7,18H2. The number of rotatable bonds is 2. The summed E-state index contributed by atoms with van der Waals surface area (Å²) in [5, 5.41) is 0.326. The Balaban J connectivity index is 2.05. The lowest BCUT2D eigenvalue weighted by Gasteiger charge is -2.11. The van der Waals surface area contributed by atoms with Gasteiger partial charge >= 0.3 is 0 Å². The van der Waals surface area contributed by atoms with E-state index in [1.807, 2.05) is 0 Å². The molecule has 1 aliphatic rings. The largest absolute Gasteiger partial charge is 0.490 e. The van der Waals surface area contributed by atoms with Crippen LogP contribution in [-0.2, 0) is 0 Å². The first-order valence-corrected chi connectivity index (χ1v) is 7.03. The molecule has 1 aliphatic heterocycles. The smallest absolute Gasteiger partial charge is 0.196 e. The summed E-state index contributed by atoms with van der Waals surface area (Å²) in [6.07, 6.45) is 0.793. The average molecular weight is 304 g/mol. The molecule has 0 saturated heterocycles. The van der Waals surface area contributed by atoms with Crippen molar-refractivity contribution in [1.29, 1.82) is 0 Å². The van der Waals surface area contributed by atoms with E-state index in [4.69, 9.17) is 26.8 Å². The second-order valence-electron chi connectivity index (χ2n) is 4.75. The van der Waals surface area contributed by atoms with Crippen molar-refractivity contribution in [1.82, 2.24) is 0 Å². The summed E-state index contributed by atoms with van der Waals surface area (Å²) >= 11 is 6.21. The number of nitrogens with two attached hydrogens (primary N) is 1. The highest BCUT2D eigenvalue weighted by Crippen LogP contribution is 2.36. The second-order valence-corrected chi connectivity index (χ2v) is 5.15. The number of ether oxygens (including phenoxy) is 2. The van der Waals surface area contributed by atoms with Crippen molar-refractivity contribution in [3.05, 3.63) is 52.5 Å². The van der Waals surface area contributed by atoms with Gasteiger partial charge in [-0.25, -0.2) is 0 Å². The number of ketones is 1. The molecule has 0 radical (unpaired) electrons. The topological polar surface area (TPSA) is 61.6 Å². The molecule has 0 amide bonds. The Morgan fingerprint density at radius 1 is 1.05 bits per heavy atom. The zero-order valence-corrected chi connectivity index (χ0v) is 12.0. The van der Waals surface area contributed by atoms with Crippen molar-refractivity contribution in [2.24, 2.45) is 0 Å². The Morgan fingerprint density at radius 2 is 1.71 bits per heavy atom. The molecule has 0 aliphatic carbocycles. The summed E-state index contributed by atoms with van der Waals surface area (Å²) < 4.78 is 11.1. The Bertz CT molecular complexity index is 700. The summed E-state index contributed by atoms with van der Waals surface area (Å²) in [4.78, 5) is 12.6. The van der Waals surface area contributed by atoms with Crippen LogP contribution in [0.25, 0.3) is 0 Å². The number of benzene rings is 2. The predicted molar refractivity (Wildman–Crippen MR) is 81.3 cm³/mol. The third-order valence-electron chi connectivity index (χ3n) is 3.29. The highest BCUT2D eigenvalue weighted by Gasteiger charge is 2.20. The fourth-order valence-corrected chi connectivity index (χ4v) is 2.45. The number of hydrogen-bond acceptors (Lipinski definition) is 4. The van der Waals surface area contributed by atoms with E-state index in [0.717, 1.165) is 6.42 Å². The second kappa shape index (κ2) is 5.66. The minimum Gasteiger partial charge on any atom is -0.490 e. The summed E-state index contributed by atoms with van der Waals surface area (Å²) in [5.74, 6) is 0.874. The molecule has 3 rings (SSSR count). The van der Waals surface area contributed by atoms with Gasteiger partial charge in [-0.2, -0.15) is 0 Å². The van der Waals surface area contributed by atoms with E-state index >= 15 is 0 Å². The van der Waals surface area contributed by atoms with E-state index in [2.05, 4.69) is 0 Å². The lowest BCUT2D eigenvalue weighted by Crippen LogP contribution is -2.06. The first-order chi connectivity index (χ1) is 10.2. The van der Waals surface area contributed by atoms with Crippen LogP contribution in [0.1, 0.15) is 22.3 Å². The fraction of sp³-hybridized carbons (Fsp3) is 0.188. The number of nitrogen functional groups attached to an aromatic ring is 1. The third-order valence-corrected chi connectivity index (χ3v) is 3.60. The van der Waals surface area contributed by atoms with Crippen molar-refractivity contribution in [2.45, 2.75) is 6.42 Å². The lowest BCUT2D eigenvalue weighted by molar-refractivity contribution is 0.103. The van der Waals surface area contributed by atoms with Crippen molar-refractivity contribution in [3.63, 3.8) is 0 Å². The predicted octanol–water partition coefficient (Wildman–Crippen LogP) is 3.31. The van der Waals surface area contributed by atoms with Crippen LogP contribution in [0, 0.1) is 0 Å². The summed E-state index contributed by atoms with van der Waals surface area (Å²) in [6, 6.07) is 10.1. The Labute approximate surface area is 127 Å². The van der Waals surface area contributed by atoms with Crippen LogP contribution >= 0.6 is 11.6 Å². The molecule has 21 heavy (non-hydrogen) atoms. The first-order valence-electron chi connectivity index (χ1n) is 6.65. The number of carbonyl (C=O) groups excluding carboxylic acids is 1. The molecule has 0 saturated carbocycles. The van der Waals surface area contributed by atoms with E-state index in [-0.39, 0.29) is 5.78 Å². The number of anilines is 1. The van der Waals surface area contributed by atoms with Crippen LogP contribution < -0.4 is 15.2 Å². The van der Waals surface area contributed by atoms with Gasteiger partial charge in [-0.15, -0.1) is 0 Å². The third kappa shape index (κ3) is 2.67. The van der Waals surface area contributed by atoms with Crippen LogP contribution in [-0.4, -0.2) is 19.0 Å². The van der Waals surface area contributed by atoms with Gasteiger partial charge in [0.05, 0.1) is 18.2 Å². The quantitative estimate of drug-likeness (QED) is 0.683. The molecule has 0 aromatic heterocycles. The van der Waals surface area contributed by atoms with Gasteiger partial charge in [0, 0.05) is 29.3 Å². The molecule has 108 valence electrons. The molecule has 0 atom stereocenters. The molecule has 0 bridgehead atoms. The van der Waals surface area contributed by atoms with Gasteiger partial charge in [0.2, 0.25) is 0 Å². The van der Waals surface area contributed by atoms with Gasteiger partial charge < -0.3 is 15.2 Å². The molecule has 2 aromatic rings. The van der Waals surface area contributed by atoms with Gasteiger partial charge in [0.15, 0.2) is 17.3 Å². The molecule has 5 heteroatoms. The normalized spacial score (nSPS) is 13.6. The minimum absolute atomic E-state index is 0.228. The van der Waals surface area contributed by atoms with E-state index in [9.17, 15) is 4.79 Å². The van der Waals surface area contributed by atoms with Crippen LogP contribution in [0.15, 0.2) is 36.4 Å². The number of carbonyl (C=O) groups is 1. The van der Waals surface area contributed by atoms with Crippen LogP contribution in [0.3, 0.4) is 0 Å². The SMILES string of the molecule is Nc1ccccc1C(=O)c1cc2c(cc1Cl)OCCCO2. The number of fused-ring (bicyclic) bond motifs is 1. The number of para-hydroxylation sites is 1. The minimum atomic E-state index is -0.228. The summed E-state index contributed by atoms with van der Waals surface area (Å²) in [6.45, 7) is 1.12. The zero-order valence-electron chi connectivity index (χ0n) is 11.3. The van der Waals surface area contributed by atoms with Crippen molar-refractivity contribution in [2.75, 3.05) is 18.9 Å². The van der Waals surface area contributed by atoms with E-state index in [0.29, 0.717) is 46.5 Å². The maximum Gasteiger partial charge on any atom is 0.196 e. The average Bonchev–Trinajstić information content (AvgIpc) is 2.71. The molecular weight excluding hydrogens is 290 g/mol. The molecule has 0 unspecified atom stereocenters. The monoisotopic (exact) mass is 303 g/mol. The summed E-state index contributed by atoms with van der Waals surface area (Å²) in [7, 11) is 0. The Morgan fingerprint density at radius 3 is 2.43 bits per heavy atom. The van der Waals surface area contributed by atoms with Gasteiger partial charge in [-0.05, 0) is 18.2 Å². The molecule has 4 nitrogen and oxygen atoms in total. The van der Waals surface area contributed by atoms with Crippen molar-refractivity contribution in [3.8, 4) is 11.5 Å². The fourth-order valence-electron chi connectivity index (χ4n) is 2.21. The van der Waals surface area contributed by atoms with Crippen LogP contribution in [0.4, 0.5) is 5.69 Å². The zero-order chi connectivity index (χ0) is 14.8.